The minimum Gasteiger partial charge on any atom is -0.456 e. The van der Waals surface area contributed by atoms with Crippen LogP contribution < -0.4 is 9.64 Å². The van der Waals surface area contributed by atoms with Crippen molar-refractivity contribution < 1.29 is 4.74 Å². The average Bonchev–Trinajstić information content (AvgIpc) is 3.21. The normalized spacial score (nSPS) is 12.1. The Bertz CT molecular complexity index is 2880. The van der Waals surface area contributed by atoms with Crippen LogP contribution in [0.3, 0.4) is 0 Å². The minimum absolute atomic E-state index is 0.0589. The Balaban J connectivity index is 1.23. The van der Waals surface area contributed by atoms with Crippen molar-refractivity contribution in [2.24, 2.45) is 0 Å². The molecule has 3 heteroatoms. The minimum atomic E-state index is 0.0589. The Morgan fingerprint density at radius 3 is 1.74 bits per heavy atom. The third-order valence-corrected chi connectivity index (χ3v) is 11.0. The number of fused-ring (bicyclic) bond motifs is 2. The number of para-hydroxylation sites is 2. The standard InChI is InChI=1S/C51H36N2O/c1-51(2,3)35-20-15-33(16-21-35)44-31-47-49-45(29-34-19-25-40(32-17-22-36(52-4)23-18-32)42-27-28-43(44)50(49)48(34)42)41-26-24-39(30-46(41)54-47)53(37-11-7-5-8-12-37)38-13-9-6-10-14-38/h5-31H,1-3H3. The summed E-state index contributed by atoms with van der Waals surface area (Å²) >= 11 is 0. The average molecular weight is 693 g/mol. The van der Waals surface area contributed by atoms with E-state index in [-0.39, 0.29) is 5.41 Å². The van der Waals surface area contributed by atoms with Crippen molar-refractivity contribution in [1.29, 1.82) is 0 Å². The molecular formula is C51H36N2O. The van der Waals surface area contributed by atoms with Crippen molar-refractivity contribution in [2.45, 2.75) is 26.2 Å². The van der Waals surface area contributed by atoms with E-state index in [2.05, 4.69) is 182 Å². The summed E-state index contributed by atoms with van der Waals surface area (Å²) in [7, 11) is 0. The van der Waals surface area contributed by atoms with E-state index in [0.29, 0.717) is 5.69 Å². The first kappa shape index (κ1) is 31.8. The Morgan fingerprint density at radius 2 is 1.09 bits per heavy atom. The van der Waals surface area contributed by atoms with Crippen molar-refractivity contribution in [2.75, 3.05) is 4.90 Å². The maximum Gasteiger partial charge on any atom is 0.187 e. The van der Waals surface area contributed by atoms with Crippen molar-refractivity contribution in [3.05, 3.63) is 181 Å². The molecule has 0 unspecified atom stereocenters. The van der Waals surface area contributed by atoms with E-state index in [1.54, 1.807) is 0 Å². The number of hydrogen-bond donors (Lipinski definition) is 0. The number of hydrogen-bond acceptors (Lipinski definition) is 2. The summed E-state index contributed by atoms with van der Waals surface area (Å²) in [5, 5.41) is 7.18. The number of anilines is 3. The van der Waals surface area contributed by atoms with E-state index in [1.807, 2.05) is 12.1 Å². The molecule has 0 fully saturated rings. The van der Waals surface area contributed by atoms with Crippen molar-refractivity contribution in [3.8, 4) is 44.9 Å². The number of rotatable bonds is 5. The lowest BCUT2D eigenvalue weighted by Crippen LogP contribution is -2.10. The molecule has 1 aliphatic rings. The van der Waals surface area contributed by atoms with Crippen LogP contribution in [0.2, 0.25) is 0 Å². The summed E-state index contributed by atoms with van der Waals surface area (Å²) in [6.45, 7) is 14.2. The second-order valence-electron chi connectivity index (χ2n) is 15.2. The smallest absolute Gasteiger partial charge is 0.187 e. The Labute approximate surface area is 315 Å². The van der Waals surface area contributed by atoms with E-state index in [1.165, 1.54) is 38.1 Å². The van der Waals surface area contributed by atoms with Crippen LogP contribution in [0.5, 0.6) is 11.5 Å². The van der Waals surface area contributed by atoms with Gasteiger partial charge in [-0.1, -0.05) is 130 Å². The molecule has 0 saturated carbocycles. The van der Waals surface area contributed by atoms with Crippen LogP contribution in [0.25, 0.3) is 70.5 Å². The molecule has 9 aromatic carbocycles. The fourth-order valence-corrected chi connectivity index (χ4v) is 8.30. The molecular weight excluding hydrogens is 657 g/mol. The Morgan fingerprint density at radius 1 is 0.481 bits per heavy atom. The van der Waals surface area contributed by atoms with Gasteiger partial charge in [0.05, 0.1) is 6.57 Å². The maximum atomic E-state index is 7.46. The number of benzene rings is 9. The highest BCUT2D eigenvalue weighted by Crippen LogP contribution is 2.55. The Hall–Kier alpha value is -6.89. The highest BCUT2D eigenvalue weighted by molar-refractivity contribution is 6.32. The van der Waals surface area contributed by atoms with Gasteiger partial charge in [0.1, 0.15) is 11.5 Å². The summed E-state index contributed by atoms with van der Waals surface area (Å²) in [5.74, 6) is 1.70. The molecule has 0 spiro atoms. The first-order valence-electron chi connectivity index (χ1n) is 18.5. The molecule has 0 N–H and O–H groups in total. The van der Waals surface area contributed by atoms with Crippen molar-refractivity contribution >= 4 is 55.1 Å². The molecule has 9 aromatic rings. The highest BCUT2D eigenvalue weighted by atomic mass is 16.5. The van der Waals surface area contributed by atoms with Gasteiger partial charge in [0.2, 0.25) is 0 Å². The van der Waals surface area contributed by atoms with Crippen LogP contribution in [0.1, 0.15) is 26.3 Å². The van der Waals surface area contributed by atoms with E-state index in [4.69, 9.17) is 11.3 Å². The molecule has 0 bridgehead atoms. The fraction of sp³-hybridized carbons (Fsp3) is 0.0784. The van der Waals surface area contributed by atoms with Crippen molar-refractivity contribution in [1.82, 2.24) is 0 Å². The topological polar surface area (TPSA) is 16.8 Å². The van der Waals surface area contributed by atoms with E-state index in [0.717, 1.165) is 61.8 Å². The van der Waals surface area contributed by atoms with Gasteiger partial charge in [-0.05, 0) is 109 Å². The number of nitrogens with zero attached hydrogens (tertiary/aromatic N) is 2. The van der Waals surface area contributed by atoms with Gasteiger partial charge >= 0.3 is 0 Å². The molecule has 0 atom stereocenters. The zero-order chi connectivity index (χ0) is 36.6. The van der Waals surface area contributed by atoms with Gasteiger partial charge in [0, 0.05) is 39.5 Å². The second-order valence-corrected chi connectivity index (χ2v) is 15.2. The van der Waals surface area contributed by atoms with Gasteiger partial charge in [-0.15, -0.1) is 0 Å². The molecule has 1 aliphatic heterocycles. The van der Waals surface area contributed by atoms with Crippen LogP contribution in [0.4, 0.5) is 22.7 Å². The van der Waals surface area contributed by atoms with Crippen LogP contribution in [0.15, 0.2) is 164 Å². The molecule has 0 saturated heterocycles. The second kappa shape index (κ2) is 12.1. The molecule has 3 nitrogen and oxygen atoms in total. The summed E-state index contributed by atoms with van der Waals surface area (Å²) < 4.78 is 7.08. The van der Waals surface area contributed by atoms with E-state index < -0.39 is 0 Å². The largest absolute Gasteiger partial charge is 0.456 e. The third-order valence-electron chi connectivity index (χ3n) is 11.0. The summed E-state index contributed by atoms with van der Waals surface area (Å²) in [5.41, 5.74) is 12.0. The lowest BCUT2D eigenvalue weighted by atomic mass is 9.82. The zero-order valence-electron chi connectivity index (χ0n) is 30.4. The van der Waals surface area contributed by atoms with Crippen LogP contribution in [-0.2, 0) is 5.41 Å². The van der Waals surface area contributed by atoms with Gasteiger partial charge in [0.25, 0.3) is 0 Å². The summed E-state index contributed by atoms with van der Waals surface area (Å²) in [6, 6.07) is 58.3. The van der Waals surface area contributed by atoms with Gasteiger partial charge < -0.3 is 9.64 Å². The highest BCUT2D eigenvalue weighted by Gasteiger charge is 2.28. The quantitative estimate of drug-likeness (QED) is 0.132. The van der Waals surface area contributed by atoms with Gasteiger partial charge in [-0.2, -0.15) is 0 Å². The predicted octanol–water partition coefficient (Wildman–Crippen LogP) is 15.0. The first-order valence-corrected chi connectivity index (χ1v) is 18.5. The van der Waals surface area contributed by atoms with E-state index in [9.17, 15) is 0 Å². The van der Waals surface area contributed by atoms with Crippen LogP contribution in [-0.4, -0.2) is 0 Å². The maximum absolute atomic E-state index is 7.46. The van der Waals surface area contributed by atoms with Crippen LogP contribution in [0, 0.1) is 6.57 Å². The van der Waals surface area contributed by atoms with Gasteiger partial charge in [-0.3, -0.25) is 0 Å². The SMILES string of the molecule is [C-]#[N+]c1ccc(-c2ccc3cc4c5c(cc(-c6ccc(C(C)(C)C)cc6)c6ccc2c3c65)Oc2cc(N(c3ccccc3)c3ccccc3)ccc2-4)cc1. The summed E-state index contributed by atoms with van der Waals surface area (Å²) in [6.07, 6.45) is 0. The third kappa shape index (κ3) is 5.03. The Kier molecular flexibility index (Phi) is 7.12. The van der Waals surface area contributed by atoms with E-state index >= 15 is 0 Å². The molecule has 0 amide bonds. The van der Waals surface area contributed by atoms with Crippen LogP contribution >= 0.6 is 0 Å². The monoisotopic (exact) mass is 692 g/mol. The molecule has 0 aromatic heterocycles. The number of ether oxygens (including phenoxy) is 1. The molecule has 0 radical (unpaired) electrons. The fourth-order valence-electron chi connectivity index (χ4n) is 8.30. The van der Waals surface area contributed by atoms with Crippen molar-refractivity contribution in [3.63, 3.8) is 0 Å². The first-order chi connectivity index (χ1) is 26.4. The molecule has 1 heterocycles. The molecule has 10 rings (SSSR count). The lowest BCUT2D eigenvalue weighted by Gasteiger charge is -2.29. The predicted molar refractivity (Wildman–Crippen MR) is 226 cm³/mol. The lowest BCUT2D eigenvalue weighted by molar-refractivity contribution is 0.487. The van der Waals surface area contributed by atoms with Gasteiger partial charge in [0.15, 0.2) is 5.69 Å². The molecule has 256 valence electrons. The molecule has 0 aliphatic carbocycles. The summed E-state index contributed by atoms with van der Waals surface area (Å²) in [4.78, 5) is 5.90. The van der Waals surface area contributed by atoms with Gasteiger partial charge in [-0.25, -0.2) is 4.85 Å². The zero-order valence-corrected chi connectivity index (χ0v) is 30.4. The molecule has 54 heavy (non-hydrogen) atoms.